The monoisotopic (exact) mass is 1120 g/mol. The first kappa shape index (κ1) is 76.8. The van der Waals surface area contributed by atoms with E-state index in [4.69, 9.17) is 14.2 Å². The molecule has 0 fully saturated rings. The molecular formula is C75H126O6. The van der Waals surface area contributed by atoms with Gasteiger partial charge in [-0.25, -0.2) is 0 Å². The summed E-state index contributed by atoms with van der Waals surface area (Å²) in [5.74, 6) is -0.961. The van der Waals surface area contributed by atoms with E-state index in [1.165, 1.54) is 154 Å². The molecule has 0 N–H and O–H groups in total. The predicted octanol–water partition coefficient (Wildman–Crippen LogP) is 23.6. The van der Waals surface area contributed by atoms with Crippen LogP contribution in [0.4, 0.5) is 0 Å². The third kappa shape index (κ3) is 66.5. The Kier molecular flexibility index (Phi) is 64.8. The van der Waals surface area contributed by atoms with E-state index < -0.39 is 6.10 Å². The fourth-order valence-corrected chi connectivity index (χ4v) is 9.38. The Balaban J connectivity index is 4.39. The number of esters is 3. The van der Waals surface area contributed by atoms with Crippen LogP contribution in [0.15, 0.2) is 122 Å². The Bertz CT molecular complexity index is 1670. The summed E-state index contributed by atoms with van der Waals surface area (Å²) in [5.41, 5.74) is 0. The molecule has 0 rings (SSSR count). The van der Waals surface area contributed by atoms with Crippen LogP contribution in [0.1, 0.15) is 316 Å². The van der Waals surface area contributed by atoms with Crippen LogP contribution >= 0.6 is 0 Å². The molecule has 0 aromatic rings. The van der Waals surface area contributed by atoms with Crippen LogP contribution in [0, 0.1) is 0 Å². The summed E-state index contributed by atoms with van der Waals surface area (Å²) < 4.78 is 16.9. The van der Waals surface area contributed by atoms with Crippen LogP contribution in [0.25, 0.3) is 0 Å². The number of unbranched alkanes of at least 4 members (excludes halogenated alkanes) is 30. The molecule has 0 bridgehead atoms. The largest absolute Gasteiger partial charge is 0.462 e. The van der Waals surface area contributed by atoms with Crippen molar-refractivity contribution in [1.29, 1.82) is 0 Å². The molecular weight excluding hydrogens is 997 g/mol. The van der Waals surface area contributed by atoms with Crippen molar-refractivity contribution in [2.24, 2.45) is 0 Å². The Morgan fingerprint density at radius 2 is 0.494 bits per heavy atom. The van der Waals surface area contributed by atoms with Crippen molar-refractivity contribution in [2.75, 3.05) is 13.2 Å². The van der Waals surface area contributed by atoms with E-state index in [-0.39, 0.29) is 37.5 Å². The summed E-state index contributed by atoms with van der Waals surface area (Å²) in [6.45, 7) is 6.48. The minimum Gasteiger partial charge on any atom is -0.462 e. The van der Waals surface area contributed by atoms with Gasteiger partial charge in [0.05, 0.1) is 0 Å². The van der Waals surface area contributed by atoms with Gasteiger partial charge in [-0.2, -0.15) is 0 Å². The van der Waals surface area contributed by atoms with Gasteiger partial charge in [-0.1, -0.05) is 309 Å². The zero-order valence-electron chi connectivity index (χ0n) is 53.0. The molecule has 0 radical (unpaired) electrons. The molecule has 0 aliphatic heterocycles. The maximum absolute atomic E-state index is 12.9. The molecule has 0 aromatic carbocycles. The zero-order valence-corrected chi connectivity index (χ0v) is 53.0. The summed E-state index contributed by atoms with van der Waals surface area (Å²) in [7, 11) is 0. The highest BCUT2D eigenvalue weighted by Gasteiger charge is 2.19. The van der Waals surface area contributed by atoms with Gasteiger partial charge in [0, 0.05) is 19.3 Å². The zero-order chi connectivity index (χ0) is 58.5. The lowest BCUT2D eigenvalue weighted by atomic mass is 10.0. The van der Waals surface area contributed by atoms with Crippen molar-refractivity contribution < 1.29 is 28.6 Å². The number of hydrogen-bond acceptors (Lipinski definition) is 6. The van der Waals surface area contributed by atoms with Gasteiger partial charge in [0.15, 0.2) is 6.10 Å². The standard InChI is InChI=1S/C75H126O6/c1-4-7-10-13-16-19-22-25-27-29-31-33-35-36-37-38-39-40-41-43-44-46-48-50-53-56-59-62-65-68-74(77)80-71-72(70-79-73(76)67-64-61-58-55-52-24-21-18-15-12-9-6-3)81-75(78)69-66-63-60-57-54-51-49-47-45-42-34-32-30-28-26-23-20-17-14-11-8-5-2/h7,10,16,18-19,21,25,27,31,33,36-37,39-40,43-44,48,50,56,59,72H,4-6,8-9,11-15,17,20,22-24,26,28-30,32,34-35,38,41-42,45-47,49,51-55,57-58,60-71H2,1-3H3/b10-7-,19-16-,21-18-,27-25-,33-31-,37-36-,40-39-,44-43-,50-48-,59-56-. The molecule has 0 heterocycles. The summed E-state index contributed by atoms with van der Waals surface area (Å²) >= 11 is 0. The number of allylic oxidation sites excluding steroid dienone is 20. The van der Waals surface area contributed by atoms with E-state index in [2.05, 4.69) is 142 Å². The quantitative estimate of drug-likeness (QED) is 0.0261. The van der Waals surface area contributed by atoms with E-state index in [0.717, 1.165) is 116 Å². The van der Waals surface area contributed by atoms with Gasteiger partial charge in [-0.3, -0.25) is 14.4 Å². The van der Waals surface area contributed by atoms with Gasteiger partial charge in [0.1, 0.15) is 13.2 Å². The number of carbonyl (C=O) groups excluding carboxylic acids is 3. The second-order valence-electron chi connectivity index (χ2n) is 22.4. The molecule has 1 atom stereocenters. The second kappa shape index (κ2) is 68.3. The molecule has 0 aromatic heterocycles. The summed E-state index contributed by atoms with van der Waals surface area (Å²) in [5, 5.41) is 0. The van der Waals surface area contributed by atoms with Crippen molar-refractivity contribution >= 4 is 17.9 Å². The Hall–Kier alpha value is -4.19. The number of carbonyl (C=O) groups is 3. The Morgan fingerprint density at radius 3 is 0.840 bits per heavy atom. The fourth-order valence-electron chi connectivity index (χ4n) is 9.38. The summed E-state index contributed by atoms with van der Waals surface area (Å²) in [4.78, 5) is 38.3. The van der Waals surface area contributed by atoms with Crippen molar-refractivity contribution in [3.8, 4) is 0 Å². The molecule has 462 valence electrons. The smallest absolute Gasteiger partial charge is 0.306 e. The van der Waals surface area contributed by atoms with Crippen LogP contribution < -0.4 is 0 Å². The second-order valence-corrected chi connectivity index (χ2v) is 22.4. The normalized spacial score (nSPS) is 12.9. The first-order valence-corrected chi connectivity index (χ1v) is 34.0. The summed E-state index contributed by atoms with van der Waals surface area (Å²) in [6, 6.07) is 0. The van der Waals surface area contributed by atoms with E-state index >= 15 is 0 Å². The Morgan fingerprint density at radius 1 is 0.259 bits per heavy atom. The average Bonchev–Trinajstić information content (AvgIpc) is 3.47. The lowest BCUT2D eigenvalue weighted by Crippen LogP contribution is -2.30. The SMILES string of the molecule is CC/C=C\C/C=C\C/C=C\C/C=C\C/C=C\C/C=C\C/C=C\C/C=C\C/C=C\CCCC(=O)OCC(COC(=O)CCCCCCC/C=C\CCCCC)OC(=O)CCCCCCCCCCCCCCCCCCCCCCCC. The van der Waals surface area contributed by atoms with Crippen molar-refractivity contribution in [3.05, 3.63) is 122 Å². The molecule has 0 saturated carbocycles. The lowest BCUT2D eigenvalue weighted by molar-refractivity contribution is -0.167. The number of hydrogen-bond donors (Lipinski definition) is 0. The van der Waals surface area contributed by atoms with Gasteiger partial charge < -0.3 is 14.2 Å². The highest BCUT2D eigenvalue weighted by atomic mass is 16.6. The highest BCUT2D eigenvalue weighted by Crippen LogP contribution is 2.17. The third-order valence-electron chi connectivity index (χ3n) is 14.5. The van der Waals surface area contributed by atoms with Crippen LogP contribution in [0.5, 0.6) is 0 Å². The molecule has 0 spiro atoms. The van der Waals surface area contributed by atoms with E-state index in [0.29, 0.717) is 19.3 Å². The van der Waals surface area contributed by atoms with E-state index in [1.54, 1.807) is 0 Å². The molecule has 0 aliphatic carbocycles. The minimum absolute atomic E-state index is 0.0999. The molecule has 81 heavy (non-hydrogen) atoms. The molecule has 1 unspecified atom stereocenters. The van der Waals surface area contributed by atoms with Crippen molar-refractivity contribution in [1.82, 2.24) is 0 Å². The van der Waals surface area contributed by atoms with Crippen LogP contribution in [-0.4, -0.2) is 37.2 Å². The molecule has 6 heteroatoms. The highest BCUT2D eigenvalue weighted by molar-refractivity contribution is 5.71. The molecule has 6 nitrogen and oxygen atoms in total. The van der Waals surface area contributed by atoms with E-state index in [1.807, 2.05) is 0 Å². The summed E-state index contributed by atoms with van der Waals surface area (Å²) in [6.07, 6.45) is 95.1. The minimum atomic E-state index is -0.807. The van der Waals surface area contributed by atoms with Crippen LogP contribution in [-0.2, 0) is 28.6 Å². The number of ether oxygens (including phenoxy) is 3. The molecule has 0 saturated heterocycles. The Labute approximate surface area is 501 Å². The topological polar surface area (TPSA) is 78.9 Å². The first-order chi connectivity index (χ1) is 40.0. The van der Waals surface area contributed by atoms with Gasteiger partial charge in [0.2, 0.25) is 0 Å². The van der Waals surface area contributed by atoms with Gasteiger partial charge in [-0.05, 0) is 109 Å². The van der Waals surface area contributed by atoms with Gasteiger partial charge in [-0.15, -0.1) is 0 Å². The van der Waals surface area contributed by atoms with Crippen molar-refractivity contribution in [3.63, 3.8) is 0 Å². The third-order valence-corrected chi connectivity index (χ3v) is 14.5. The first-order valence-electron chi connectivity index (χ1n) is 34.0. The maximum Gasteiger partial charge on any atom is 0.306 e. The maximum atomic E-state index is 12.9. The average molecular weight is 1120 g/mol. The molecule has 0 aliphatic rings. The van der Waals surface area contributed by atoms with Crippen LogP contribution in [0.3, 0.4) is 0 Å². The van der Waals surface area contributed by atoms with Crippen molar-refractivity contribution in [2.45, 2.75) is 322 Å². The molecule has 0 amide bonds. The van der Waals surface area contributed by atoms with Gasteiger partial charge in [0.25, 0.3) is 0 Å². The lowest BCUT2D eigenvalue weighted by Gasteiger charge is -2.18. The number of rotatable bonds is 61. The van der Waals surface area contributed by atoms with Gasteiger partial charge >= 0.3 is 17.9 Å². The fraction of sp³-hybridized carbons (Fsp3) is 0.693. The predicted molar refractivity (Wildman–Crippen MR) is 353 cm³/mol. The van der Waals surface area contributed by atoms with Crippen LogP contribution in [0.2, 0.25) is 0 Å². The van der Waals surface area contributed by atoms with E-state index in [9.17, 15) is 14.4 Å².